The van der Waals surface area contributed by atoms with Gasteiger partial charge in [0.2, 0.25) is 11.9 Å². The first kappa shape index (κ1) is 15.6. The Hall–Kier alpha value is -2.87. The highest BCUT2D eigenvalue weighted by atomic mass is 16.1. The summed E-state index contributed by atoms with van der Waals surface area (Å²) in [6, 6.07) is 10.1. The van der Waals surface area contributed by atoms with E-state index >= 15 is 0 Å². The van der Waals surface area contributed by atoms with Gasteiger partial charge in [-0.15, -0.1) is 0 Å². The van der Waals surface area contributed by atoms with E-state index in [1.54, 1.807) is 0 Å². The van der Waals surface area contributed by atoms with Gasteiger partial charge in [-0.25, -0.2) is 0 Å². The molecule has 0 amide bonds. The monoisotopic (exact) mass is 339 g/mol. The Morgan fingerprint density at radius 3 is 2.80 bits per heavy atom. The van der Waals surface area contributed by atoms with E-state index in [4.69, 9.17) is 11.5 Å². The van der Waals surface area contributed by atoms with Crippen LogP contribution >= 0.6 is 0 Å². The quantitative estimate of drug-likeness (QED) is 0.645. The molecular weight excluding hydrogens is 318 g/mol. The summed E-state index contributed by atoms with van der Waals surface area (Å²) in [6.45, 7) is 2.11. The second-order valence-electron chi connectivity index (χ2n) is 6.46. The van der Waals surface area contributed by atoms with Crippen LogP contribution in [0.15, 0.2) is 35.1 Å². The highest BCUT2D eigenvalue weighted by Crippen LogP contribution is 2.24. The van der Waals surface area contributed by atoms with Gasteiger partial charge in [-0.3, -0.25) is 14.3 Å². The van der Waals surface area contributed by atoms with Crippen LogP contribution in [0.2, 0.25) is 0 Å². The number of anilines is 2. The summed E-state index contributed by atoms with van der Waals surface area (Å²) in [6.07, 6.45) is 2.00. The van der Waals surface area contributed by atoms with E-state index in [1.807, 2.05) is 34.9 Å². The zero-order valence-corrected chi connectivity index (χ0v) is 13.9. The Balaban J connectivity index is 1.87. The summed E-state index contributed by atoms with van der Waals surface area (Å²) in [5.41, 5.74) is 13.4. The number of hydrogen-bond acceptors (Lipinski definition) is 6. The van der Waals surface area contributed by atoms with E-state index in [2.05, 4.69) is 19.9 Å². The maximum atomic E-state index is 12.5. The third-order valence-corrected chi connectivity index (χ3v) is 4.54. The number of nitrogen functional groups attached to an aromatic ring is 1. The van der Waals surface area contributed by atoms with Crippen molar-refractivity contribution in [3.05, 3.63) is 46.2 Å². The average Bonchev–Trinajstić information content (AvgIpc) is 2.94. The van der Waals surface area contributed by atoms with E-state index < -0.39 is 0 Å². The molecule has 1 unspecified atom stereocenters. The van der Waals surface area contributed by atoms with Crippen LogP contribution in [-0.4, -0.2) is 38.7 Å². The van der Waals surface area contributed by atoms with Gasteiger partial charge in [0, 0.05) is 19.1 Å². The number of aromatic amines is 1. The molecule has 1 aliphatic rings. The molecule has 0 bridgehead atoms. The van der Waals surface area contributed by atoms with Crippen molar-refractivity contribution in [2.75, 3.05) is 23.7 Å². The molecule has 0 spiro atoms. The van der Waals surface area contributed by atoms with Crippen molar-refractivity contribution in [1.82, 2.24) is 19.5 Å². The largest absolute Gasteiger partial charge is 0.369 e. The number of piperidine rings is 1. The molecule has 130 valence electrons. The molecule has 1 atom stereocenters. The third-order valence-electron chi connectivity index (χ3n) is 4.54. The van der Waals surface area contributed by atoms with E-state index in [9.17, 15) is 4.79 Å². The number of fused-ring (bicyclic) bond motifs is 1. The maximum absolute atomic E-state index is 12.5. The van der Waals surface area contributed by atoms with Gasteiger partial charge in [0.1, 0.15) is 0 Å². The summed E-state index contributed by atoms with van der Waals surface area (Å²) in [5.74, 6) is 0.793. The van der Waals surface area contributed by atoms with Crippen molar-refractivity contribution < 1.29 is 0 Å². The highest BCUT2D eigenvalue weighted by molar-refractivity contribution is 5.75. The lowest BCUT2D eigenvalue weighted by Crippen LogP contribution is -2.44. The summed E-state index contributed by atoms with van der Waals surface area (Å²) in [4.78, 5) is 26.0. The van der Waals surface area contributed by atoms with Crippen molar-refractivity contribution in [2.24, 2.45) is 5.73 Å². The van der Waals surface area contributed by atoms with E-state index in [0.717, 1.165) is 30.9 Å². The summed E-state index contributed by atoms with van der Waals surface area (Å²) >= 11 is 0. The van der Waals surface area contributed by atoms with Gasteiger partial charge in [-0.05, 0) is 18.4 Å². The number of nitrogens with one attached hydrogen (secondary N) is 1. The second-order valence-corrected chi connectivity index (χ2v) is 6.46. The molecule has 25 heavy (non-hydrogen) atoms. The average molecular weight is 339 g/mol. The fraction of sp³-hybridized carbons (Fsp3) is 0.353. The zero-order chi connectivity index (χ0) is 17.4. The number of imidazole rings is 1. The normalized spacial score (nSPS) is 18.0. The smallest absolute Gasteiger partial charge is 0.278 e. The number of benzene rings is 1. The van der Waals surface area contributed by atoms with Crippen molar-refractivity contribution in [2.45, 2.75) is 25.4 Å². The molecule has 1 aliphatic heterocycles. The van der Waals surface area contributed by atoms with Gasteiger partial charge in [0.25, 0.3) is 5.56 Å². The Morgan fingerprint density at radius 1 is 1.24 bits per heavy atom. The SMILES string of the molecule is Nc1nc2nc(N3CCCC(N)C3)n(Cc3ccccc3)c2c(=O)[nH]1. The van der Waals surface area contributed by atoms with Crippen LogP contribution in [0.5, 0.6) is 0 Å². The van der Waals surface area contributed by atoms with E-state index in [0.29, 0.717) is 24.3 Å². The molecular formula is C17H21N7O. The zero-order valence-electron chi connectivity index (χ0n) is 13.9. The number of nitrogens with zero attached hydrogens (tertiary/aromatic N) is 4. The van der Waals surface area contributed by atoms with Crippen LogP contribution in [-0.2, 0) is 6.54 Å². The standard InChI is InChI=1S/C17H21N7O/c18-12-7-4-8-23(10-12)17-21-14-13(15(25)22-16(19)20-14)24(17)9-11-5-2-1-3-6-11/h1-3,5-6,12H,4,7-10,18H2,(H3,19,20,22,25). The Morgan fingerprint density at radius 2 is 2.04 bits per heavy atom. The first-order valence-electron chi connectivity index (χ1n) is 8.42. The molecule has 4 rings (SSSR count). The highest BCUT2D eigenvalue weighted by Gasteiger charge is 2.24. The fourth-order valence-corrected chi connectivity index (χ4v) is 3.40. The number of nitrogens with two attached hydrogens (primary N) is 2. The van der Waals surface area contributed by atoms with Crippen LogP contribution in [0.4, 0.5) is 11.9 Å². The molecule has 0 saturated carbocycles. The Labute approximate surface area is 144 Å². The minimum absolute atomic E-state index is 0.0729. The van der Waals surface area contributed by atoms with E-state index in [1.165, 1.54) is 0 Å². The van der Waals surface area contributed by atoms with Gasteiger partial charge >= 0.3 is 0 Å². The van der Waals surface area contributed by atoms with Crippen molar-refractivity contribution >= 4 is 23.1 Å². The molecule has 0 aliphatic carbocycles. The summed E-state index contributed by atoms with van der Waals surface area (Å²) in [5, 5.41) is 0. The second kappa shape index (κ2) is 6.21. The Bertz CT molecular complexity index is 947. The number of hydrogen-bond donors (Lipinski definition) is 3. The predicted octanol–water partition coefficient (Wildman–Crippen LogP) is 0.678. The molecule has 0 radical (unpaired) electrons. The number of rotatable bonds is 3. The van der Waals surface area contributed by atoms with Crippen LogP contribution in [0.3, 0.4) is 0 Å². The minimum Gasteiger partial charge on any atom is -0.369 e. The number of aromatic nitrogens is 4. The summed E-state index contributed by atoms with van der Waals surface area (Å²) in [7, 11) is 0. The van der Waals surface area contributed by atoms with Crippen LogP contribution in [0.25, 0.3) is 11.2 Å². The van der Waals surface area contributed by atoms with Crippen molar-refractivity contribution in [1.29, 1.82) is 0 Å². The van der Waals surface area contributed by atoms with Crippen LogP contribution < -0.4 is 21.9 Å². The van der Waals surface area contributed by atoms with Gasteiger partial charge in [0.15, 0.2) is 11.2 Å². The first-order valence-corrected chi connectivity index (χ1v) is 8.42. The molecule has 1 fully saturated rings. The first-order chi connectivity index (χ1) is 12.1. The van der Waals surface area contributed by atoms with Crippen molar-refractivity contribution in [3.8, 4) is 0 Å². The van der Waals surface area contributed by atoms with Gasteiger partial charge in [0.05, 0.1) is 6.54 Å². The molecule has 1 saturated heterocycles. The lowest BCUT2D eigenvalue weighted by Gasteiger charge is -2.31. The minimum atomic E-state index is -0.279. The molecule has 1 aromatic carbocycles. The summed E-state index contributed by atoms with van der Waals surface area (Å²) < 4.78 is 1.91. The molecule has 8 nitrogen and oxygen atoms in total. The predicted molar refractivity (Wildman–Crippen MR) is 97.5 cm³/mol. The maximum Gasteiger partial charge on any atom is 0.278 e. The lowest BCUT2D eigenvalue weighted by molar-refractivity contribution is 0.495. The Kier molecular flexibility index (Phi) is 3.89. The number of H-pyrrole nitrogens is 1. The van der Waals surface area contributed by atoms with Crippen LogP contribution in [0, 0.1) is 0 Å². The third kappa shape index (κ3) is 2.96. The topological polar surface area (TPSA) is 119 Å². The van der Waals surface area contributed by atoms with Crippen molar-refractivity contribution in [3.63, 3.8) is 0 Å². The lowest BCUT2D eigenvalue weighted by atomic mass is 10.1. The van der Waals surface area contributed by atoms with Crippen LogP contribution in [0.1, 0.15) is 18.4 Å². The molecule has 2 aromatic heterocycles. The van der Waals surface area contributed by atoms with Gasteiger partial charge in [-0.1, -0.05) is 30.3 Å². The van der Waals surface area contributed by atoms with Gasteiger partial charge < -0.3 is 16.4 Å². The molecule has 8 heteroatoms. The molecule has 3 heterocycles. The van der Waals surface area contributed by atoms with Gasteiger partial charge in [-0.2, -0.15) is 9.97 Å². The van der Waals surface area contributed by atoms with E-state index in [-0.39, 0.29) is 17.5 Å². The molecule has 5 N–H and O–H groups in total. The molecule has 3 aromatic rings. The fourth-order valence-electron chi connectivity index (χ4n) is 3.40.